The standard InChI is InChI=1S/C42H25N7S5/c43-38-24(22-12-18-36-28(20-22)26-6-1-3-10-34(26)51-36)14-16-32(41(38)44-50)49(31-9-5-8-30-40(31)47-53-45-30)33-17-15-25(39-42(33)48-54-46-39)23-13-19-37-29(21-23)27-7-2-4-11-35(27)52-37/h1-21,27,35,43,50H/b43-38?,44-41-. The Balaban J connectivity index is 1.08. The minimum atomic E-state index is 0.278. The predicted molar refractivity (Wildman–Crippen MR) is 233 cm³/mol. The van der Waals surface area contributed by atoms with Crippen LogP contribution in [-0.2, 0) is 0 Å². The van der Waals surface area contributed by atoms with Crippen LogP contribution in [0.15, 0.2) is 142 Å². The minimum Gasteiger partial charge on any atom is -0.304 e. The lowest BCUT2D eigenvalue weighted by Gasteiger charge is -2.31. The number of hydrogen-bond acceptors (Lipinski definition) is 12. The van der Waals surface area contributed by atoms with Crippen LogP contribution in [-0.4, -0.2) is 34.2 Å². The topological polar surface area (TPSA) is 91.0 Å². The lowest BCUT2D eigenvalue weighted by Crippen LogP contribution is -2.30. The van der Waals surface area contributed by atoms with Gasteiger partial charge in [0.05, 0.1) is 46.2 Å². The number of nitrogens with zero attached hydrogens (tertiary/aromatic N) is 6. The maximum absolute atomic E-state index is 9.59. The second-order valence-electron chi connectivity index (χ2n) is 13.2. The summed E-state index contributed by atoms with van der Waals surface area (Å²) in [6.45, 7) is 0. The Morgan fingerprint density at radius 1 is 0.704 bits per heavy atom. The maximum atomic E-state index is 9.59. The molecule has 258 valence electrons. The summed E-state index contributed by atoms with van der Waals surface area (Å²) in [6.07, 6.45) is 12.9. The van der Waals surface area contributed by atoms with Gasteiger partial charge in [0.15, 0.2) is 0 Å². The molecule has 0 saturated heterocycles. The van der Waals surface area contributed by atoms with E-state index in [0.29, 0.717) is 22.6 Å². The molecular formula is C42H25N7S5. The Bertz CT molecular complexity index is 3050. The highest BCUT2D eigenvalue weighted by atomic mass is 32.2. The van der Waals surface area contributed by atoms with Gasteiger partial charge in [0.2, 0.25) is 0 Å². The number of thioether (sulfide) groups is 1. The molecule has 3 aromatic heterocycles. The summed E-state index contributed by atoms with van der Waals surface area (Å²) < 4.78 is 26.0. The molecule has 0 radical (unpaired) electrons. The van der Waals surface area contributed by atoms with Gasteiger partial charge < -0.3 is 4.90 Å². The molecule has 0 spiro atoms. The summed E-state index contributed by atoms with van der Waals surface area (Å²) in [5.74, 6) is 0.359. The number of nitrogens with one attached hydrogen (secondary N) is 1. The third-order valence-electron chi connectivity index (χ3n) is 10.4. The van der Waals surface area contributed by atoms with Gasteiger partial charge in [0.25, 0.3) is 0 Å². The summed E-state index contributed by atoms with van der Waals surface area (Å²) >= 11 is 10.6. The van der Waals surface area contributed by atoms with Gasteiger partial charge in [0, 0.05) is 47.4 Å². The first-order valence-electron chi connectivity index (χ1n) is 17.2. The third kappa shape index (κ3) is 4.94. The molecule has 1 aliphatic heterocycles. The first kappa shape index (κ1) is 32.2. The van der Waals surface area contributed by atoms with Crippen molar-refractivity contribution >= 4 is 130 Å². The van der Waals surface area contributed by atoms with Gasteiger partial charge in [0.1, 0.15) is 27.8 Å². The van der Waals surface area contributed by atoms with Crippen LogP contribution in [0.1, 0.15) is 17.0 Å². The fourth-order valence-corrected chi connectivity index (χ4v) is 11.6. The number of aromatic nitrogens is 4. The first-order valence-corrected chi connectivity index (χ1v) is 20.8. The zero-order valence-corrected chi connectivity index (χ0v) is 32.2. The van der Waals surface area contributed by atoms with Gasteiger partial charge in [-0.3, -0.25) is 5.41 Å². The van der Waals surface area contributed by atoms with Gasteiger partial charge >= 0.3 is 0 Å². The van der Waals surface area contributed by atoms with E-state index in [1.165, 1.54) is 54.1 Å². The van der Waals surface area contributed by atoms with Crippen LogP contribution < -0.4 is 4.90 Å². The molecule has 2 aliphatic carbocycles. The Kier molecular flexibility index (Phi) is 7.56. The lowest BCUT2D eigenvalue weighted by atomic mass is 9.89. The van der Waals surface area contributed by atoms with E-state index in [4.69, 9.17) is 13.1 Å². The van der Waals surface area contributed by atoms with E-state index in [2.05, 4.69) is 124 Å². The molecule has 4 heterocycles. The second-order valence-corrected chi connectivity index (χ2v) is 16.8. The van der Waals surface area contributed by atoms with Crippen molar-refractivity contribution < 1.29 is 0 Å². The molecule has 0 saturated carbocycles. The van der Waals surface area contributed by atoms with Gasteiger partial charge in [-0.05, 0) is 96.3 Å². The highest BCUT2D eigenvalue weighted by Gasteiger charge is 2.33. The van der Waals surface area contributed by atoms with Crippen LogP contribution in [0.2, 0.25) is 0 Å². The first-order chi connectivity index (χ1) is 26.6. The molecule has 11 rings (SSSR count). The molecule has 0 fully saturated rings. The molecule has 7 nitrogen and oxygen atoms in total. The molecule has 54 heavy (non-hydrogen) atoms. The van der Waals surface area contributed by atoms with Gasteiger partial charge in [-0.25, -0.2) is 4.40 Å². The molecule has 0 amide bonds. The van der Waals surface area contributed by atoms with Crippen molar-refractivity contribution in [3.8, 4) is 11.1 Å². The highest BCUT2D eigenvalue weighted by Crippen LogP contribution is 2.50. The average Bonchev–Trinajstić information content (AvgIpc) is 4.03. The van der Waals surface area contributed by atoms with Crippen LogP contribution in [0.3, 0.4) is 0 Å². The molecule has 8 aromatic rings. The monoisotopic (exact) mass is 787 g/mol. The molecule has 0 bridgehead atoms. The van der Waals surface area contributed by atoms with Crippen LogP contribution in [0, 0.1) is 5.41 Å². The minimum absolute atomic E-state index is 0.278. The molecular weight excluding hydrogens is 763 g/mol. The number of thiophene rings is 1. The van der Waals surface area contributed by atoms with Crippen molar-refractivity contribution in [3.63, 3.8) is 0 Å². The summed E-state index contributed by atoms with van der Waals surface area (Å²) in [5.41, 5.74) is 11.3. The van der Waals surface area contributed by atoms with E-state index in [1.54, 1.807) is 11.3 Å². The summed E-state index contributed by atoms with van der Waals surface area (Å²) in [6, 6.07) is 31.9. The van der Waals surface area contributed by atoms with Gasteiger partial charge in [-0.15, -0.1) is 23.1 Å². The molecule has 12 heteroatoms. The number of benzene rings is 5. The third-order valence-corrected chi connectivity index (χ3v) is 14.1. The number of thiol groups is 1. The number of rotatable bonds is 5. The van der Waals surface area contributed by atoms with Gasteiger partial charge in [-0.2, -0.15) is 17.5 Å². The number of fused-ring (bicyclic) bond motifs is 8. The van der Waals surface area contributed by atoms with Crippen LogP contribution in [0.25, 0.3) is 58.9 Å². The van der Waals surface area contributed by atoms with Gasteiger partial charge in [-0.1, -0.05) is 60.7 Å². The Morgan fingerprint density at radius 2 is 1.52 bits per heavy atom. The van der Waals surface area contributed by atoms with E-state index < -0.39 is 0 Å². The molecule has 2 atom stereocenters. The van der Waals surface area contributed by atoms with Crippen molar-refractivity contribution in [2.24, 2.45) is 4.40 Å². The molecule has 3 aliphatic rings. The summed E-state index contributed by atoms with van der Waals surface area (Å²) in [5, 5.41) is 12.4. The predicted octanol–water partition coefficient (Wildman–Crippen LogP) is 11.8. The Hall–Kier alpha value is -5.24. The lowest BCUT2D eigenvalue weighted by molar-refractivity contribution is 0.881. The van der Waals surface area contributed by atoms with Crippen LogP contribution in [0.4, 0.5) is 11.4 Å². The SMILES string of the molecule is N=C1C(c2ccc3sc4ccccc4c3c2)=CC=C(N(c2cccc3nsnc23)c2ccc(-c3ccc4c(c3)C3C=CC=CC3S4)c3nsnc23)/C1=N/S. The average molecular weight is 788 g/mol. The van der Waals surface area contributed by atoms with E-state index in [1.807, 2.05) is 42.1 Å². The largest absolute Gasteiger partial charge is 0.304 e. The van der Waals surface area contributed by atoms with Crippen LogP contribution in [0.5, 0.6) is 0 Å². The van der Waals surface area contributed by atoms with Crippen LogP contribution >= 0.6 is 59.4 Å². The Morgan fingerprint density at radius 3 is 2.46 bits per heavy atom. The van der Waals surface area contributed by atoms with E-state index in [0.717, 1.165) is 55.7 Å². The zero-order valence-electron chi connectivity index (χ0n) is 28.0. The summed E-state index contributed by atoms with van der Waals surface area (Å²) in [7, 11) is 0. The number of allylic oxidation sites excluding steroid dienone is 7. The maximum Gasteiger partial charge on any atom is 0.129 e. The van der Waals surface area contributed by atoms with Crippen molar-refractivity contribution in [1.82, 2.24) is 17.5 Å². The summed E-state index contributed by atoms with van der Waals surface area (Å²) in [4.78, 5) is 3.42. The van der Waals surface area contributed by atoms with E-state index in [-0.39, 0.29) is 5.71 Å². The van der Waals surface area contributed by atoms with Crippen molar-refractivity contribution in [2.75, 3.05) is 4.90 Å². The smallest absolute Gasteiger partial charge is 0.129 e. The van der Waals surface area contributed by atoms with Crippen molar-refractivity contribution in [3.05, 3.63) is 144 Å². The van der Waals surface area contributed by atoms with Crippen molar-refractivity contribution in [2.45, 2.75) is 16.1 Å². The number of anilines is 2. The molecule has 5 aromatic carbocycles. The fraction of sp³-hybridized carbons (Fsp3) is 0.0476. The van der Waals surface area contributed by atoms with Crippen molar-refractivity contribution in [1.29, 1.82) is 5.41 Å². The highest BCUT2D eigenvalue weighted by molar-refractivity contribution is 8.00. The second kappa shape index (κ2) is 12.7. The van der Waals surface area contributed by atoms with E-state index >= 15 is 0 Å². The molecule has 2 unspecified atom stereocenters. The zero-order chi connectivity index (χ0) is 35.9. The number of hydrogen-bond donors (Lipinski definition) is 2. The fourth-order valence-electron chi connectivity index (χ4n) is 7.83. The quantitative estimate of drug-likeness (QED) is 0.133. The normalized spacial score (nSPS) is 18.5. The van der Waals surface area contributed by atoms with E-state index in [9.17, 15) is 5.41 Å². The Labute approximate surface area is 331 Å². The molecule has 1 N–H and O–H groups in total.